The van der Waals surface area contributed by atoms with Crippen LogP contribution in [0, 0.1) is 11.6 Å². The predicted octanol–water partition coefficient (Wildman–Crippen LogP) is 1.58. The summed E-state index contributed by atoms with van der Waals surface area (Å²) >= 11 is 0. The Bertz CT molecular complexity index is 680. The Kier molecular flexibility index (Phi) is 3.89. The van der Waals surface area contributed by atoms with Gasteiger partial charge in [-0.3, -0.25) is 4.79 Å². The molecule has 116 valence electrons. The average molecular weight is 306 g/mol. The quantitative estimate of drug-likeness (QED) is 0.916. The zero-order valence-corrected chi connectivity index (χ0v) is 12.1. The van der Waals surface area contributed by atoms with E-state index in [2.05, 4.69) is 10.4 Å². The summed E-state index contributed by atoms with van der Waals surface area (Å²) in [5.41, 5.74) is -0.105. The number of benzene rings is 1. The van der Waals surface area contributed by atoms with Crippen LogP contribution in [0.5, 0.6) is 0 Å². The molecule has 7 heteroatoms. The van der Waals surface area contributed by atoms with Gasteiger partial charge in [0.05, 0.1) is 0 Å². The SMILES string of the molecule is C[C@@H]1CNCCN1C(=O)c1ccn(-c2c(F)cccc2F)n1. The van der Waals surface area contributed by atoms with Gasteiger partial charge in [-0.2, -0.15) is 5.10 Å². The predicted molar refractivity (Wildman–Crippen MR) is 76.8 cm³/mol. The third-order valence-electron chi connectivity index (χ3n) is 3.74. The summed E-state index contributed by atoms with van der Waals surface area (Å²) in [6, 6.07) is 5.12. The van der Waals surface area contributed by atoms with Crippen molar-refractivity contribution >= 4 is 5.91 Å². The van der Waals surface area contributed by atoms with Gasteiger partial charge in [-0.25, -0.2) is 13.5 Å². The van der Waals surface area contributed by atoms with Crippen molar-refractivity contribution in [3.63, 3.8) is 0 Å². The molecule has 1 fully saturated rings. The van der Waals surface area contributed by atoms with Gasteiger partial charge in [-0.1, -0.05) is 6.07 Å². The number of carbonyl (C=O) groups is 1. The standard InChI is InChI=1S/C15H16F2N4O/c1-10-9-18-6-8-20(10)15(22)13-5-7-21(19-13)14-11(16)3-2-4-12(14)17/h2-5,7,10,18H,6,8-9H2,1H3/t10-/m1/s1. The van der Waals surface area contributed by atoms with E-state index in [-0.39, 0.29) is 23.3 Å². The van der Waals surface area contributed by atoms with E-state index in [0.717, 1.165) is 23.4 Å². The summed E-state index contributed by atoms with van der Waals surface area (Å²) in [7, 11) is 0. The molecule has 0 saturated carbocycles. The number of para-hydroxylation sites is 1. The molecule has 5 nitrogen and oxygen atoms in total. The minimum atomic E-state index is -0.724. The summed E-state index contributed by atoms with van der Waals surface area (Å²) in [6.07, 6.45) is 1.39. The van der Waals surface area contributed by atoms with Crippen LogP contribution in [0.2, 0.25) is 0 Å². The smallest absolute Gasteiger partial charge is 0.274 e. The van der Waals surface area contributed by atoms with Crippen LogP contribution in [0.25, 0.3) is 5.69 Å². The normalized spacial score (nSPS) is 18.5. The van der Waals surface area contributed by atoms with Crippen molar-refractivity contribution in [3.8, 4) is 5.69 Å². The first-order valence-electron chi connectivity index (χ1n) is 7.09. The number of carbonyl (C=O) groups excluding carboxylic acids is 1. The lowest BCUT2D eigenvalue weighted by Gasteiger charge is -2.33. The number of nitrogens with zero attached hydrogens (tertiary/aromatic N) is 3. The molecule has 2 heterocycles. The van der Waals surface area contributed by atoms with Gasteiger partial charge < -0.3 is 10.2 Å². The number of aromatic nitrogens is 2. The van der Waals surface area contributed by atoms with Crippen molar-refractivity contribution in [1.82, 2.24) is 20.0 Å². The fourth-order valence-electron chi connectivity index (χ4n) is 2.56. The molecular weight excluding hydrogens is 290 g/mol. The van der Waals surface area contributed by atoms with Crippen LogP contribution in [0.15, 0.2) is 30.5 Å². The van der Waals surface area contributed by atoms with E-state index in [4.69, 9.17) is 0 Å². The third kappa shape index (κ3) is 2.59. The van der Waals surface area contributed by atoms with Crippen molar-refractivity contribution in [1.29, 1.82) is 0 Å². The van der Waals surface area contributed by atoms with Crippen molar-refractivity contribution in [2.75, 3.05) is 19.6 Å². The summed E-state index contributed by atoms with van der Waals surface area (Å²) < 4.78 is 28.6. The van der Waals surface area contributed by atoms with Gasteiger partial charge in [0.1, 0.15) is 5.69 Å². The topological polar surface area (TPSA) is 50.2 Å². The molecule has 1 amide bonds. The first-order chi connectivity index (χ1) is 10.6. The summed E-state index contributed by atoms with van der Waals surface area (Å²) in [5, 5.41) is 7.23. The van der Waals surface area contributed by atoms with E-state index >= 15 is 0 Å². The van der Waals surface area contributed by atoms with Gasteiger partial charge in [0, 0.05) is 31.9 Å². The number of halogens is 2. The van der Waals surface area contributed by atoms with Gasteiger partial charge in [-0.15, -0.1) is 0 Å². The summed E-state index contributed by atoms with van der Waals surface area (Å²) in [5.74, 6) is -1.68. The lowest BCUT2D eigenvalue weighted by atomic mass is 10.2. The highest BCUT2D eigenvalue weighted by molar-refractivity contribution is 5.92. The number of hydrogen-bond acceptors (Lipinski definition) is 3. The lowest BCUT2D eigenvalue weighted by Crippen LogP contribution is -2.52. The van der Waals surface area contributed by atoms with Crippen molar-refractivity contribution in [2.45, 2.75) is 13.0 Å². The molecule has 0 aliphatic carbocycles. The van der Waals surface area contributed by atoms with Gasteiger partial charge in [0.25, 0.3) is 5.91 Å². The number of rotatable bonds is 2. The molecule has 0 bridgehead atoms. The Labute approximate surface area is 126 Å². The van der Waals surface area contributed by atoms with Crippen molar-refractivity contribution < 1.29 is 13.6 Å². The minimum absolute atomic E-state index is 0.0524. The fourth-order valence-corrected chi connectivity index (χ4v) is 2.56. The van der Waals surface area contributed by atoms with E-state index < -0.39 is 11.6 Å². The van der Waals surface area contributed by atoms with E-state index in [1.54, 1.807) is 4.90 Å². The molecule has 1 aliphatic rings. The van der Waals surface area contributed by atoms with Gasteiger partial charge in [0.2, 0.25) is 0 Å². The first kappa shape index (κ1) is 14.6. The van der Waals surface area contributed by atoms with Crippen LogP contribution in [0.3, 0.4) is 0 Å². The maximum atomic E-state index is 13.8. The highest BCUT2D eigenvalue weighted by Gasteiger charge is 2.26. The zero-order valence-electron chi connectivity index (χ0n) is 12.1. The second kappa shape index (κ2) is 5.84. The molecule has 0 spiro atoms. The Hall–Kier alpha value is -2.28. The van der Waals surface area contributed by atoms with Crippen LogP contribution in [0.4, 0.5) is 8.78 Å². The second-order valence-corrected chi connectivity index (χ2v) is 5.27. The average Bonchev–Trinajstić information content (AvgIpc) is 2.96. The number of hydrogen-bond donors (Lipinski definition) is 1. The highest BCUT2D eigenvalue weighted by atomic mass is 19.1. The number of piperazine rings is 1. The van der Waals surface area contributed by atoms with Crippen molar-refractivity contribution in [2.24, 2.45) is 0 Å². The molecule has 1 aliphatic heterocycles. The zero-order chi connectivity index (χ0) is 15.7. The summed E-state index contributed by atoms with van der Waals surface area (Å²) in [4.78, 5) is 14.2. The molecule has 0 radical (unpaired) electrons. The van der Waals surface area contributed by atoms with E-state index in [1.165, 1.54) is 18.3 Å². The van der Waals surface area contributed by atoms with Gasteiger partial charge >= 0.3 is 0 Å². The largest absolute Gasteiger partial charge is 0.332 e. The molecule has 0 unspecified atom stereocenters. The monoisotopic (exact) mass is 306 g/mol. The molecule has 1 saturated heterocycles. The molecular formula is C15H16F2N4O. The highest BCUT2D eigenvalue weighted by Crippen LogP contribution is 2.17. The van der Waals surface area contributed by atoms with Crippen LogP contribution in [-0.4, -0.2) is 46.3 Å². The molecule has 2 aromatic rings. The maximum absolute atomic E-state index is 13.8. The van der Waals surface area contributed by atoms with Gasteiger partial charge in [-0.05, 0) is 25.1 Å². The number of amides is 1. The molecule has 1 aromatic carbocycles. The molecule has 1 atom stereocenters. The van der Waals surface area contributed by atoms with E-state index in [1.807, 2.05) is 6.92 Å². The molecule has 3 rings (SSSR count). The molecule has 1 aromatic heterocycles. The van der Waals surface area contributed by atoms with Crippen molar-refractivity contribution in [3.05, 3.63) is 47.8 Å². The first-order valence-corrected chi connectivity index (χ1v) is 7.09. The van der Waals surface area contributed by atoms with Crippen LogP contribution >= 0.6 is 0 Å². The molecule has 22 heavy (non-hydrogen) atoms. The van der Waals surface area contributed by atoms with E-state index in [9.17, 15) is 13.6 Å². The minimum Gasteiger partial charge on any atom is -0.332 e. The Morgan fingerprint density at radius 1 is 1.32 bits per heavy atom. The van der Waals surface area contributed by atoms with E-state index in [0.29, 0.717) is 13.1 Å². The van der Waals surface area contributed by atoms with Crippen LogP contribution < -0.4 is 5.32 Å². The molecule has 1 N–H and O–H groups in total. The maximum Gasteiger partial charge on any atom is 0.274 e. The Balaban J connectivity index is 1.89. The number of nitrogens with one attached hydrogen (secondary N) is 1. The van der Waals surface area contributed by atoms with Gasteiger partial charge in [0.15, 0.2) is 17.3 Å². The Morgan fingerprint density at radius 2 is 2.05 bits per heavy atom. The third-order valence-corrected chi connectivity index (χ3v) is 3.74. The summed E-state index contributed by atoms with van der Waals surface area (Å²) in [6.45, 7) is 3.96. The lowest BCUT2D eigenvalue weighted by molar-refractivity contribution is 0.0649. The van der Waals surface area contributed by atoms with Crippen LogP contribution in [-0.2, 0) is 0 Å². The Morgan fingerprint density at radius 3 is 2.73 bits per heavy atom. The fraction of sp³-hybridized carbons (Fsp3) is 0.333. The van der Waals surface area contributed by atoms with Crippen LogP contribution in [0.1, 0.15) is 17.4 Å². The second-order valence-electron chi connectivity index (χ2n) is 5.27.